The highest BCUT2D eigenvalue weighted by molar-refractivity contribution is 8.76. The van der Waals surface area contributed by atoms with Crippen LogP contribution in [-0.4, -0.2) is 23.3 Å². The second kappa shape index (κ2) is 7.59. The third-order valence-corrected chi connectivity index (χ3v) is 5.95. The van der Waals surface area contributed by atoms with E-state index in [-0.39, 0.29) is 17.7 Å². The summed E-state index contributed by atoms with van der Waals surface area (Å²) in [5.74, 6) is 0.356. The first-order valence-electron chi connectivity index (χ1n) is 6.27. The number of rotatable bonds is 8. The molecule has 0 saturated heterocycles. The number of primary amides is 2. The third kappa shape index (κ3) is 4.45. The maximum Gasteiger partial charge on any atom is 0.228 e. The number of nitrogens with two attached hydrogens (primary N) is 2. The van der Waals surface area contributed by atoms with Gasteiger partial charge < -0.3 is 11.5 Å². The van der Waals surface area contributed by atoms with Gasteiger partial charge in [0.15, 0.2) is 0 Å². The molecular formula is C14H20N2O2S2. The fourth-order valence-electron chi connectivity index (χ4n) is 1.49. The highest BCUT2D eigenvalue weighted by Crippen LogP contribution is 2.34. The van der Waals surface area contributed by atoms with Crippen LogP contribution in [0, 0.1) is 5.92 Å². The summed E-state index contributed by atoms with van der Waals surface area (Å²) in [5, 5.41) is 0. The summed E-state index contributed by atoms with van der Waals surface area (Å²) in [4.78, 5) is 22.7. The van der Waals surface area contributed by atoms with Crippen molar-refractivity contribution in [3.8, 4) is 0 Å². The zero-order chi connectivity index (χ0) is 15.2. The van der Waals surface area contributed by atoms with Crippen LogP contribution in [0.4, 0.5) is 0 Å². The molecule has 0 aliphatic rings. The van der Waals surface area contributed by atoms with Gasteiger partial charge in [-0.05, 0) is 12.5 Å². The minimum absolute atomic E-state index is 0.177. The number of carbonyl (C=O) groups is 2. The van der Waals surface area contributed by atoms with Gasteiger partial charge in [0, 0.05) is 17.4 Å². The van der Waals surface area contributed by atoms with E-state index in [1.165, 1.54) is 21.6 Å². The monoisotopic (exact) mass is 312 g/mol. The molecular weight excluding hydrogens is 292 g/mol. The molecule has 20 heavy (non-hydrogen) atoms. The molecule has 1 aromatic carbocycles. The van der Waals surface area contributed by atoms with Crippen molar-refractivity contribution < 1.29 is 9.59 Å². The van der Waals surface area contributed by atoms with Gasteiger partial charge in [-0.3, -0.25) is 9.59 Å². The molecule has 1 rings (SSSR count). The highest BCUT2D eigenvalue weighted by Gasteiger charge is 2.33. The molecule has 0 bridgehead atoms. The van der Waals surface area contributed by atoms with Crippen molar-refractivity contribution in [3.05, 3.63) is 35.9 Å². The summed E-state index contributed by atoms with van der Waals surface area (Å²) < 4.78 is 0. The van der Waals surface area contributed by atoms with Crippen molar-refractivity contribution in [2.75, 3.05) is 11.5 Å². The van der Waals surface area contributed by atoms with E-state index in [1.807, 2.05) is 37.3 Å². The number of hydrogen-bond donors (Lipinski definition) is 2. The SMILES string of the molecule is CC(CSSCC(C)(C(N)=O)c1ccccc1)C(N)=O. The lowest BCUT2D eigenvalue weighted by Crippen LogP contribution is -2.40. The fraction of sp³-hybridized carbons (Fsp3) is 0.429. The Kier molecular flexibility index (Phi) is 6.42. The van der Waals surface area contributed by atoms with Crippen LogP contribution < -0.4 is 11.5 Å². The summed E-state index contributed by atoms with van der Waals surface area (Å²) in [6, 6.07) is 9.50. The zero-order valence-corrected chi connectivity index (χ0v) is 13.3. The Morgan fingerprint density at radius 1 is 1.20 bits per heavy atom. The van der Waals surface area contributed by atoms with E-state index in [1.54, 1.807) is 6.92 Å². The molecule has 0 fully saturated rings. The normalized spacial score (nSPS) is 15.3. The van der Waals surface area contributed by atoms with Gasteiger partial charge in [-0.15, -0.1) is 0 Å². The van der Waals surface area contributed by atoms with Crippen LogP contribution in [0.3, 0.4) is 0 Å². The molecule has 1 aromatic rings. The largest absolute Gasteiger partial charge is 0.369 e. The van der Waals surface area contributed by atoms with Crippen LogP contribution in [0.1, 0.15) is 19.4 Å². The Morgan fingerprint density at radius 3 is 2.30 bits per heavy atom. The molecule has 0 aromatic heterocycles. The lowest BCUT2D eigenvalue weighted by atomic mass is 9.84. The van der Waals surface area contributed by atoms with Crippen molar-refractivity contribution in [2.24, 2.45) is 17.4 Å². The van der Waals surface area contributed by atoms with Crippen molar-refractivity contribution >= 4 is 33.4 Å². The first-order valence-corrected chi connectivity index (χ1v) is 8.76. The summed E-state index contributed by atoms with van der Waals surface area (Å²) in [5.41, 5.74) is 11.0. The van der Waals surface area contributed by atoms with E-state index < -0.39 is 5.41 Å². The molecule has 2 atom stereocenters. The lowest BCUT2D eigenvalue weighted by molar-refractivity contribution is -0.122. The van der Waals surface area contributed by atoms with Crippen molar-refractivity contribution in [1.82, 2.24) is 0 Å². The molecule has 6 heteroatoms. The van der Waals surface area contributed by atoms with Crippen LogP contribution >= 0.6 is 21.6 Å². The first-order chi connectivity index (χ1) is 9.38. The number of amides is 2. The topological polar surface area (TPSA) is 86.2 Å². The quantitative estimate of drug-likeness (QED) is 0.567. The predicted molar refractivity (Wildman–Crippen MR) is 86.3 cm³/mol. The van der Waals surface area contributed by atoms with E-state index in [0.29, 0.717) is 11.5 Å². The molecule has 0 saturated carbocycles. The molecule has 0 aliphatic heterocycles. The van der Waals surface area contributed by atoms with Gasteiger partial charge in [0.2, 0.25) is 11.8 Å². The standard InChI is InChI=1S/C14H20N2O2S2/c1-10(12(15)17)8-19-20-9-14(2,13(16)18)11-6-4-3-5-7-11/h3-7,10H,8-9H2,1-2H3,(H2,15,17)(H2,16,18). The maximum atomic E-state index is 11.8. The van der Waals surface area contributed by atoms with Crippen molar-refractivity contribution in [2.45, 2.75) is 19.3 Å². The van der Waals surface area contributed by atoms with Crippen LogP contribution in [0.15, 0.2) is 30.3 Å². The average Bonchev–Trinajstić information content (AvgIpc) is 2.43. The number of hydrogen-bond acceptors (Lipinski definition) is 4. The Morgan fingerprint density at radius 2 is 1.80 bits per heavy atom. The maximum absolute atomic E-state index is 11.8. The van der Waals surface area contributed by atoms with Gasteiger partial charge in [0.1, 0.15) is 0 Å². The minimum atomic E-state index is -0.713. The first kappa shape index (κ1) is 16.9. The lowest BCUT2D eigenvalue weighted by Gasteiger charge is -2.26. The minimum Gasteiger partial charge on any atom is -0.369 e. The molecule has 4 nitrogen and oxygen atoms in total. The Bertz CT molecular complexity index is 468. The summed E-state index contributed by atoms with van der Waals surface area (Å²) >= 11 is 0. The molecule has 0 aliphatic carbocycles. The van der Waals surface area contributed by atoms with Crippen molar-refractivity contribution in [1.29, 1.82) is 0 Å². The Balaban J connectivity index is 2.61. The molecule has 0 heterocycles. The third-order valence-electron chi connectivity index (χ3n) is 3.19. The summed E-state index contributed by atoms with van der Waals surface area (Å²) in [6.45, 7) is 3.64. The molecule has 0 radical (unpaired) electrons. The predicted octanol–water partition coefficient (Wildman–Crippen LogP) is 1.93. The van der Waals surface area contributed by atoms with Crippen LogP contribution in [-0.2, 0) is 15.0 Å². The van der Waals surface area contributed by atoms with Gasteiger partial charge in [-0.25, -0.2) is 0 Å². The molecule has 0 spiro atoms. The zero-order valence-electron chi connectivity index (χ0n) is 11.7. The van der Waals surface area contributed by atoms with Crippen LogP contribution in [0.2, 0.25) is 0 Å². The van der Waals surface area contributed by atoms with Crippen LogP contribution in [0.25, 0.3) is 0 Å². The van der Waals surface area contributed by atoms with E-state index in [0.717, 1.165) is 5.56 Å². The second-order valence-electron chi connectivity index (χ2n) is 4.91. The molecule has 2 unspecified atom stereocenters. The van der Waals surface area contributed by atoms with Gasteiger partial charge in [0.05, 0.1) is 5.41 Å². The van der Waals surface area contributed by atoms with Crippen molar-refractivity contribution in [3.63, 3.8) is 0 Å². The van der Waals surface area contributed by atoms with Gasteiger partial charge in [0.25, 0.3) is 0 Å². The number of benzene rings is 1. The van der Waals surface area contributed by atoms with E-state index in [9.17, 15) is 9.59 Å². The van der Waals surface area contributed by atoms with Gasteiger partial charge >= 0.3 is 0 Å². The summed E-state index contributed by atoms with van der Waals surface area (Å²) in [6.07, 6.45) is 0. The molecule has 4 N–H and O–H groups in total. The number of carbonyl (C=O) groups excluding carboxylic acids is 2. The second-order valence-corrected chi connectivity index (χ2v) is 7.42. The van der Waals surface area contributed by atoms with Gasteiger partial charge in [-0.1, -0.05) is 58.8 Å². The Labute approximate surface area is 127 Å². The van der Waals surface area contributed by atoms with E-state index >= 15 is 0 Å². The summed E-state index contributed by atoms with van der Waals surface area (Å²) in [7, 11) is 3.07. The average molecular weight is 312 g/mol. The smallest absolute Gasteiger partial charge is 0.228 e. The fourth-order valence-corrected chi connectivity index (χ4v) is 4.45. The van der Waals surface area contributed by atoms with Crippen LogP contribution in [0.5, 0.6) is 0 Å². The van der Waals surface area contributed by atoms with E-state index in [2.05, 4.69) is 0 Å². The highest BCUT2D eigenvalue weighted by atomic mass is 33.1. The molecule has 110 valence electrons. The van der Waals surface area contributed by atoms with Gasteiger partial charge in [-0.2, -0.15) is 0 Å². The van der Waals surface area contributed by atoms with E-state index in [4.69, 9.17) is 11.5 Å². The Hall–Kier alpha value is -1.14. The molecule has 2 amide bonds.